The fraction of sp³-hybridized carbons (Fsp3) is 0.233. The van der Waals surface area contributed by atoms with Crippen molar-refractivity contribution in [1.82, 2.24) is 14.5 Å². The molecule has 3 aromatic carbocycles. The molecule has 0 bridgehead atoms. The number of hydrogen-bond acceptors (Lipinski definition) is 4. The van der Waals surface area contributed by atoms with Crippen molar-refractivity contribution >= 4 is 51.1 Å². The van der Waals surface area contributed by atoms with Crippen molar-refractivity contribution < 1.29 is 14.6 Å². The molecule has 6 rings (SSSR count). The molecule has 38 heavy (non-hydrogen) atoms. The van der Waals surface area contributed by atoms with E-state index in [1.807, 2.05) is 74.5 Å². The summed E-state index contributed by atoms with van der Waals surface area (Å²) in [5.74, 6) is -0.136. The van der Waals surface area contributed by atoms with E-state index in [1.165, 1.54) is 0 Å². The van der Waals surface area contributed by atoms with E-state index in [4.69, 9.17) is 32.9 Å². The molecule has 1 fully saturated rings. The van der Waals surface area contributed by atoms with Crippen LogP contribution >= 0.6 is 23.2 Å². The van der Waals surface area contributed by atoms with E-state index in [0.717, 1.165) is 39.0 Å². The van der Waals surface area contributed by atoms with Gasteiger partial charge in [-0.1, -0.05) is 67.4 Å². The predicted octanol–water partition coefficient (Wildman–Crippen LogP) is 7.34. The Bertz CT molecular complexity index is 1710. The van der Waals surface area contributed by atoms with Gasteiger partial charge in [-0.2, -0.15) is 0 Å². The zero-order valence-corrected chi connectivity index (χ0v) is 22.4. The predicted molar refractivity (Wildman–Crippen MR) is 149 cm³/mol. The Morgan fingerprint density at radius 1 is 1.00 bits per heavy atom. The minimum absolute atomic E-state index is 0.218. The Morgan fingerprint density at radius 3 is 2.58 bits per heavy atom. The number of aliphatic carboxylic acids is 1. The third kappa shape index (κ3) is 4.38. The third-order valence-electron chi connectivity index (χ3n) is 7.51. The van der Waals surface area contributed by atoms with Gasteiger partial charge < -0.3 is 14.4 Å². The highest BCUT2D eigenvalue weighted by Gasteiger charge is 2.64. The molecule has 0 amide bonds. The van der Waals surface area contributed by atoms with Gasteiger partial charge in [0, 0.05) is 27.4 Å². The van der Waals surface area contributed by atoms with Crippen LogP contribution in [0.3, 0.4) is 0 Å². The Kier molecular flexibility index (Phi) is 6.04. The van der Waals surface area contributed by atoms with E-state index >= 15 is 0 Å². The summed E-state index contributed by atoms with van der Waals surface area (Å²) in [6, 6.07) is 23.1. The number of fused-ring (bicyclic) bond motifs is 2. The molecule has 1 N–H and O–H groups in total. The summed E-state index contributed by atoms with van der Waals surface area (Å²) in [7, 11) is 0. The van der Waals surface area contributed by atoms with Crippen LogP contribution in [-0.4, -0.2) is 25.6 Å². The summed E-state index contributed by atoms with van der Waals surface area (Å²) in [5.41, 5.74) is 3.85. The lowest BCUT2D eigenvalue weighted by atomic mass is 10.1. The highest BCUT2D eigenvalue weighted by molar-refractivity contribution is 6.35. The van der Waals surface area contributed by atoms with Gasteiger partial charge in [-0.25, -0.2) is 9.97 Å². The zero-order chi connectivity index (χ0) is 26.6. The van der Waals surface area contributed by atoms with Gasteiger partial charge in [0.25, 0.3) is 0 Å². The molecule has 1 saturated carbocycles. The van der Waals surface area contributed by atoms with Gasteiger partial charge in [0.2, 0.25) is 0 Å². The molecule has 0 saturated heterocycles. The second-order valence-corrected chi connectivity index (χ2v) is 11.2. The molecule has 2 heterocycles. The first-order valence-electron chi connectivity index (χ1n) is 12.4. The Hall–Kier alpha value is -3.61. The number of carboxylic acid groups (broad SMARTS) is 1. The largest absolute Gasteiger partial charge is 0.487 e. The molecule has 0 spiro atoms. The van der Waals surface area contributed by atoms with Crippen LogP contribution in [-0.2, 0) is 17.9 Å². The molecule has 1 aliphatic carbocycles. The summed E-state index contributed by atoms with van der Waals surface area (Å²) in [6.45, 7) is 4.71. The number of nitrogens with zero attached hydrogens (tertiary/aromatic N) is 3. The monoisotopic (exact) mass is 545 g/mol. The number of pyridine rings is 1. The number of ether oxygens (including phenoxy) is 1. The van der Waals surface area contributed by atoms with Crippen molar-refractivity contribution in [2.45, 2.75) is 32.9 Å². The van der Waals surface area contributed by atoms with Crippen LogP contribution in [0.2, 0.25) is 10.0 Å². The summed E-state index contributed by atoms with van der Waals surface area (Å²) in [6.07, 6.45) is 0. The molecular formula is C30H25Cl2N3O3. The third-order valence-corrected chi connectivity index (χ3v) is 8.09. The molecule has 2 atom stereocenters. The summed E-state index contributed by atoms with van der Waals surface area (Å²) in [5, 5.41) is 12.0. The Labute approximate surface area is 229 Å². The average Bonchev–Trinajstić information content (AvgIpc) is 3.31. The smallest absolute Gasteiger partial charge is 0.307 e. The number of benzene rings is 3. The fourth-order valence-electron chi connectivity index (χ4n) is 5.37. The van der Waals surface area contributed by atoms with Gasteiger partial charge >= 0.3 is 5.97 Å². The molecular weight excluding hydrogens is 521 g/mol. The van der Waals surface area contributed by atoms with Gasteiger partial charge in [-0.05, 0) is 47.4 Å². The first kappa shape index (κ1) is 24.7. The van der Waals surface area contributed by atoms with Gasteiger partial charge in [-0.3, -0.25) is 4.79 Å². The first-order chi connectivity index (χ1) is 18.2. The topological polar surface area (TPSA) is 77.2 Å². The maximum atomic E-state index is 12.0. The number of para-hydroxylation sites is 1. The highest BCUT2D eigenvalue weighted by Crippen LogP contribution is 2.64. The maximum absolute atomic E-state index is 12.0. The van der Waals surface area contributed by atoms with Crippen molar-refractivity contribution in [2.75, 3.05) is 0 Å². The maximum Gasteiger partial charge on any atom is 0.307 e. The minimum Gasteiger partial charge on any atom is -0.487 e. The lowest BCUT2D eigenvalue weighted by Gasteiger charge is -2.12. The van der Waals surface area contributed by atoms with Gasteiger partial charge in [-0.15, -0.1) is 0 Å². The molecule has 0 aliphatic heterocycles. The Morgan fingerprint density at radius 2 is 1.82 bits per heavy atom. The highest BCUT2D eigenvalue weighted by atomic mass is 35.5. The molecule has 6 nitrogen and oxygen atoms in total. The summed E-state index contributed by atoms with van der Waals surface area (Å²) in [4.78, 5) is 21.6. The molecule has 192 valence electrons. The standard InChI is InChI=1S/C30H25Cl2N3O3/c1-30(2)26(27(30)29(36)37)28-34-24-14-21(38-16-20-10-8-17-5-3-4-6-23(17)33-20)11-12-25(24)35(28)15-18-7-9-19(31)13-22(18)32/h3-14,26-27H,15-16H2,1-2H3,(H,36,37). The molecule has 8 heteroatoms. The van der Waals surface area contributed by atoms with Gasteiger partial charge in [0.05, 0.1) is 34.7 Å². The van der Waals surface area contributed by atoms with Crippen molar-refractivity contribution in [3.63, 3.8) is 0 Å². The zero-order valence-electron chi connectivity index (χ0n) is 20.9. The quantitative estimate of drug-likeness (QED) is 0.231. The minimum atomic E-state index is -0.810. The van der Waals surface area contributed by atoms with Crippen LogP contribution in [0.5, 0.6) is 5.75 Å². The van der Waals surface area contributed by atoms with Crippen molar-refractivity contribution in [2.24, 2.45) is 11.3 Å². The number of carbonyl (C=O) groups is 1. The van der Waals surface area contributed by atoms with E-state index in [2.05, 4.69) is 9.55 Å². The summed E-state index contributed by atoms with van der Waals surface area (Å²) >= 11 is 12.6. The SMILES string of the molecule is CC1(C)C(C(=O)O)C1c1nc2cc(OCc3ccc4ccccc4n3)ccc2n1Cc1ccc(Cl)cc1Cl. The number of hydrogen-bond donors (Lipinski definition) is 1. The fourth-order valence-corrected chi connectivity index (χ4v) is 5.84. The van der Waals surface area contributed by atoms with Crippen LogP contribution in [0.25, 0.3) is 21.9 Å². The number of halogens is 2. The van der Waals surface area contributed by atoms with Crippen LogP contribution in [0, 0.1) is 11.3 Å². The van der Waals surface area contributed by atoms with Crippen LogP contribution < -0.4 is 4.74 Å². The van der Waals surface area contributed by atoms with E-state index in [-0.39, 0.29) is 5.92 Å². The van der Waals surface area contributed by atoms with Crippen molar-refractivity contribution in [1.29, 1.82) is 0 Å². The lowest BCUT2D eigenvalue weighted by molar-refractivity contribution is -0.139. The Balaban J connectivity index is 1.34. The number of carboxylic acids is 1. The average molecular weight is 546 g/mol. The number of aromatic nitrogens is 3. The molecule has 1 aliphatic rings. The number of imidazole rings is 1. The summed E-state index contributed by atoms with van der Waals surface area (Å²) < 4.78 is 8.15. The van der Waals surface area contributed by atoms with Crippen molar-refractivity contribution in [3.8, 4) is 5.75 Å². The van der Waals surface area contributed by atoms with Gasteiger partial charge in [0.1, 0.15) is 18.2 Å². The number of rotatable bonds is 7. The second-order valence-electron chi connectivity index (χ2n) is 10.3. The normalized spacial score (nSPS) is 18.1. The second kappa shape index (κ2) is 9.29. The van der Waals surface area contributed by atoms with Crippen LogP contribution in [0.15, 0.2) is 72.8 Å². The van der Waals surface area contributed by atoms with Crippen LogP contribution in [0.4, 0.5) is 0 Å². The van der Waals surface area contributed by atoms with E-state index in [1.54, 1.807) is 12.1 Å². The van der Waals surface area contributed by atoms with E-state index in [0.29, 0.717) is 28.9 Å². The van der Waals surface area contributed by atoms with Crippen molar-refractivity contribution in [3.05, 3.63) is 99.9 Å². The molecule has 2 aromatic heterocycles. The molecule has 2 unspecified atom stereocenters. The molecule has 5 aromatic rings. The molecule has 0 radical (unpaired) electrons. The first-order valence-corrected chi connectivity index (χ1v) is 13.1. The lowest BCUT2D eigenvalue weighted by Crippen LogP contribution is -2.07. The van der Waals surface area contributed by atoms with Gasteiger partial charge in [0.15, 0.2) is 0 Å². The van der Waals surface area contributed by atoms with Crippen LogP contribution in [0.1, 0.15) is 36.8 Å². The van der Waals surface area contributed by atoms with E-state index < -0.39 is 17.3 Å². The van der Waals surface area contributed by atoms with E-state index in [9.17, 15) is 9.90 Å².